The summed E-state index contributed by atoms with van der Waals surface area (Å²) >= 11 is 0. The molecule has 15 heavy (non-hydrogen) atoms. The quantitative estimate of drug-likeness (QED) is 0.760. The van der Waals surface area contributed by atoms with Gasteiger partial charge >= 0.3 is 0 Å². The van der Waals surface area contributed by atoms with E-state index in [1.807, 2.05) is 13.0 Å². The minimum absolute atomic E-state index is 0.645. The number of hydrogen-bond donors (Lipinski definition) is 1. The fourth-order valence-corrected chi connectivity index (χ4v) is 2.79. The molecule has 3 rings (SSSR count). The number of allylic oxidation sites excluding steroid dienone is 1. The van der Waals surface area contributed by atoms with E-state index in [1.54, 1.807) is 0 Å². The molecule has 0 saturated carbocycles. The van der Waals surface area contributed by atoms with Crippen LogP contribution in [0.4, 0.5) is 0 Å². The average molecular weight is 204 g/mol. The summed E-state index contributed by atoms with van der Waals surface area (Å²) in [6.07, 6.45) is 4.82. The van der Waals surface area contributed by atoms with Gasteiger partial charge in [0.15, 0.2) is 5.76 Å². The zero-order valence-electron chi connectivity index (χ0n) is 8.99. The van der Waals surface area contributed by atoms with Crippen LogP contribution in [0.25, 0.3) is 5.57 Å². The lowest BCUT2D eigenvalue weighted by Crippen LogP contribution is -2.17. The smallest absolute Gasteiger partial charge is 0.163 e. The molecule has 0 amide bonds. The summed E-state index contributed by atoms with van der Waals surface area (Å²) in [6, 6.07) is 2.05. The maximum Gasteiger partial charge on any atom is 0.163 e. The molecule has 0 spiro atoms. The molecule has 1 fully saturated rings. The SMILES string of the molecule is Cc1cc(C2=CCCC3CNCC23)on1. The van der Waals surface area contributed by atoms with Crippen LogP contribution in [0, 0.1) is 18.8 Å². The van der Waals surface area contributed by atoms with Gasteiger partial charge in [0.25, 0.3) is 0 Å². The highest BCUT2D eigenvalue weighted by Crippen LogP contribution is 2.38. The molecule has 2 unspecified atom stereocenters. The van der Waals surface area contributed by atoms with Gasteiger partial charge in [-0.25, -0.2) is 0 Å². The van der Waals surface area contributed by atoms with Crippen molar-refractivity contribution in [2.75, 3.05) is 13.1 Å². The van der Waals surface area contributed by atoms with Crippen LogP contribution in [0.5, 0.6) is 0 Å². The minimum atomic E-state index is 0.645. The van der Waals surface area contributed by atoms with Crippen LogP contribution in [0.1, 0.15) is 24.3 Å². The van der Waals surface area contributed by atoms with Gasteiger partial charge in [-0.05, 0) is 37.8 Å². The Morgan fingerprint density at radius 2 is 2.40 bits per heavy atom. The third kappa shape index (κ3) is 1.51. The molecule has 1 saturated heterocycles. The van der Waals surface area contributed by atoms with Crippen LogP contribution in [0.2, 0.25) is 0 Å². The molecule has 0 radical (unpaired) electrons. The molecule has 2 atom stereocenters. The van der Waals surface area contributed by atoms with Crippen LogP contribution in [-0.4, -0.2) is 18.2 Å². The highest BCUT2D eigenvalue weighted by atomic mass is 16.5. The summed E-state index contributed by atoms with van der Waals surface area (Å²) in [5.41, 5.74) is 2.34. The number of nitrogens with one attached hydrogen (secondary N) is 1. The molecule has 1 N–H and O–H groups in total. The Hall–Kier alpha value is -1.09. The molecule has 0 bridgehead atoms. The van der Waals surface area contributed by atoms with Gasteiger partial charge in [-0.3, -0.25) is 0 Å². The van der Waals surface area contributed by atoms with Crippen molar-refractivity contribution in [1.29, 1.82) is 0 Å². The van der Waals surface area contributed by atoms with Gasteiger partial charge in [0.1, 0.15) is 0 Å². The number of fused-ring (bicyclic) bond motifs is 1. The van der Waals surface area contributed by atoms with E-state index in [0.717, 1.165) is 30.5 Å². The number of nitrogens with zero attached hydrogens (tertiary/aromatic N) is 1. The van der Waals surface area contributed by atoms with E-state index < -0.39 is 0 Å². The monoisotopic (exact) mass is 204 g/mol. The number of hydrogen-bond acceptors (Lipinski definition) is 3. The first-order valence-electron chi connectivity index (χ1n) is 5.69. The average Bonchev–Trinajstić information content (AvgIpc) is 2.84. The van der Waals surface area contributed by atoms with Gasteiger partial charge in [0.2, 0.25) is 0 Å². The summed E-state index contributed by atoms with van der Waals surface area (Å²) in [5, 5.41) is 7.44. The predicted octanol–water partition coefficient (Wildman–Crippen LogP) is 2.00. The molecule has 2 heterocycles. The summed E-state index contributed by atoms with van der Waals surface area (Å²) in [5.74, 6) is 2.42. The Balaban J connectivity index is 1.94. The molecule has 3 heteroatoms. The topological polar surface area (TPSA) is 38.1 Å². The largest absolute Gasteiger partial charge is 0.356 e. The fourth-order valence-electron chi connectivity index (χ4n) is 2.79. The van der Waals surface area contributed by atoms with Gasteiger partial charge in [-0.15, -0.1) is 0 Å². The molecule has 3 nitrogen and oxygen atoms in total. The number of aryl methyl sites for hydroxylation is 1. The maximum absolute atomic E-state index is 5.37. The van der Waals surface area contributed by atoms with E-state index in [0.29, 0.717) is 5.92 Å². The molecule has 1 aromatic heterocycles. The molecule has 80 valence electrons. The van der Waals surface area contributed by atoms with Crippen LogP contribution in [0.3, 0.4) is 0 Å². The Bertz CT molecular complexity index is 394. The van der Waals surface area contributed by atoms with Crippen molar-refractivity contribution in [3.63, 3.8) is 0 Å². The predicted molar refractivity (Wildman–Crippen MR) is 58.3 cm³/mol. The summed E-state index contributed by atoms with van der Waals surface area (Å²) in [7, 11) is 0. The van der Waals surface area contributed by atoms with Crippen molar-refractivity contribution < 1.29 is 4.52 Å². The standard InChI is InChI=1S/C12H16N2O/c1-8-5-12(15-14-8)10-4-2-3-9-6-13-7-11(9)10/h4-5,9,11,13H,2-3,6-7H2,1H3. The zero-order chi connectivity index (χ0) is 10.3. The van der Waals surface area contributed by atoms with Crippen LogP contribution >= 0.6 is 0 Å². The van der Waals surface area contributed by atoms with Gasteiger partial charge in [0.05, 0.1) is 5.69 Å². The van der Waals surface area contributed by atoms with Crippen molar-refractivity contribution in [3.8, 4) is 0 Å². The molecule has 2 aliphatic rings. The summed E-state index contributed by atoms with van der Waals surface area (Å²) in [4.78, 5) is 0. The van der Waals surface area contributed by atoms with Crippen molar-refractivity contribution in [1.82, 2.24) is 10.5 Å². The number of rotatable bonds is 1. The molecule has 1 aliphatic heterocycles. The Morgan fingerprint density at radius 1 is 1.47 bits per heavy atom. The van der Waals surface area contributed by atoms with Crippen LogP contribution < -0.4 is 5.32 Å². The van der Waals surface area contributed by atoms with Gasteiger partial charge < -0.3 is 9.84 Å². The molecule has 0 aromatic carbocycles. The lowest BCUT2D eigenvalue weighted by Gasteiger charge is -2.24. The molecule has 1 aromatic rings. The first-order valence-corrected chi connectivity index (χ1v) is 5.69. The van der Waals surface area contributed by atoms with E-state index >= 15 is 0 Å². The lowest BCUT2D eigenvalue weighted by atomic mass is 9.80. The molecular weight excluding hydrogens is 188 g/mol. The van der Waals surface area contributed by atoms with Gasteiger partial charge in [-0.1, -0.05) is 11.2 Å². The highest BCUT2D eigenvalue weighted by molar-refractivity contribution is 5.65. The summed E-state index contributed by atoms with van der Waals surface area (Å²) < 4.78 is 5.37. The highest BCUT2D eigenvalue weighted by Gasteiger charge is 2.33. The molecule has 1 aliphatic carbocycles. The third-order valence-corrected chi connectivity index (χ3v) is 3.55. The minimum Gasteiger partial charge on any atom is -0.356 e. The van der Waals surface area contributed by atoms with Crippen molar-refractivity contribution in [2.24, 2.45) is 11.8 Å². The van der Waals surface area contributed by atoms with Crippen molar-refractivity contribution in [2.45, 2.75) is 19.8 Å². The first-order chi connectivity index (χ1) is 7.34. The second kappa shape index (κ2) is 3.49. The summed E-state index contributed by atoms with van der Waals surface area (Å²) in [6.45, 7) is 4.23. The van der Waals surface area contributed by atoms with E-state index in [2.05, 4.69) is 16.5 Å². The molecular formula is C12H16N2O. The zero-order valence-corrected chi connectivity index (χ0v) is 8.99. The van der Waals surface area contributed by atoms with E-state index in [9.17, 15) is 0 Å². The van der Waals surface area contributed by atoms with Gasteiger partial charge in [0, 0.05) is 18.5 Å². The second-order valence-electron chi connectivity index (χ2n) is 4.59. The third-order valence-electron chi connectivity index (χ3n) is 3.55. The van der Waals surface area contributed by atoms with Crippen LogP contribution in [0.15, 0.2) is 16.7 Å². The number of aromatic nitrogens is 1. The Kier molecular flexibility index (Phi) is 2.13. The van der Waals surface area contributed by atoms with E-state index in [1.165, 1.54) is 18.4 Å². The Labute approximate surface area is 89.5 Å². The van der Waals surface area contributed by atoms with Crippen molar-refractivity contribution >= 4 is 5.57 Å². The van der Waals surface area contributed by atoms with Crippen LogP contribution in [-0.2, 0) is 0 Å². The fraction of sp³-hybridized carbons (Fsp3) is 0.583. The Morgan fingerprint density at radius 3 is 3.20 bits per heavy atom. The van der Waals surface area contributed by atoms with E-state index in [-0.39, 0.29) is 0 Å². The van der Waals surface area contributed by atoms with Crippen molar-refractivity contribution in [3.05, 3.63) is 23.6 Å². The van der Waals surface area contributed by atoms with E-state index in [4.69, 9.17) is 4.52 Å². The second-order valence-corrected chi connectivity index (χ2v) is 4.59. The normalized spacial score (nSPS) is 30.1. The van der Waals surface area contributed by atoms with Gasteiger partial charge in [-0.2, -0.15) is 0 Å². The maximum atomic E-state index is 5.37. The lowest BCUT2D eigenvalue weighted by molar-refractivity contribution is 0.387. The first kappa shape index (κ1) is 9.16.